The summed E-state index contributed by atoms with van der Waals surface area (Å²) in [7, 11) is -4.05. The van der Waals surface area contributed by atoms with Crippen LogP contribution in [-0.2, 0) is 10.0 Å². The van der Waals surface area contributed by atoms with Crippen LogP contribution in [0.2, 0.25) is 0 Å². The highest BCUT2D eigenvalue weighted by molar-refractivity contribution is 7.90. The Morgan fingerprint density at radius 2 is 1.82 bits per heavy atom. The van der Waals surface area contributed by atoms with Crippen molar-refractivity contribution in [2.75, 3.05) is 0 Å². The van der Waals surface area contributed by atoms with Gasteiger partial charge in [0.1, 0.15) is 16.5 Å². The smallest absolute Gasteiger partial charge is 0.286 e. The summed E-state index contributed by atoms with van der Waals surface area (Å²) in [5.41, 5.74) is -0.240. The summed E-state index contributed by atoms with van der Waals surface area (Å²) >= 11 is 0. The molecule has 3 rings (SSSR count). The molecule has 2 aromatic rings. The molecule has 22 heavy (non-hydrogen) atoms. The minimum atomic E-state index is -4.05. The van der Waals surface area contributed by atoms with Gasteiger partial charge >= 0.3 is 0 Å². The average Bonchev–Trinajstić information content (AvgIpc) is 2.72. The zero-order valence-electron chi connectivity index (χ0n) is 10.8. The van der Waals surface area contributed by atoms with Crippen molar-refractivity contribution in [3.63, 3.8) is 0 Å². The van der Waals surface area contributed by atoms with Gasteiger partial charge in [-0.25, -0.2) is 4.39 Å². The fraction of sp³-hybridized carbons (Fsp3) is 0. The van der Waals surface area contributed by atoms with Crippen LogP contribution in [-0.4, -0.2) is 19.2 Å². The number of halogens is 1. The molecule has 0 atom stereocenters. The molecule has 0 bridgehead atoms. The second-order valence-corrected chi connectivity index (χ2v) is 5.94. The van der Waals surface area contributed by atoms with Crippen molar-refractivity contribution < 1.29 is 22.5 Å². The maximum Gasteiger partial charge on any atom is 0.286 e. The number of hydrogen-bond acceptors (Lipinski definition) is 5. The van der Waals surface area contributed by atoms with Crippen LogP contribution in [0.3, 0.4) is 0 Å². The van der Waals surface area contributed by atoms with Gasteiger partial charge in [-0.1, -0.05) is 0 Å². The van der Waals surface area contributed by atoms with Crippen LogP contribution in [0.1, 0.15) is 5.56 Å². The lowest BCUT2D eigenvalue weighted by atomic mass is 10.2. The van der Waals surface area contributed by atoms with Gasteiger partial charge in [0.25, 0.3) is 15.7 Å². The lowest BCUT2D eigenvalue weighted by Crippen LogP contribution is -2.08. The van der Waals surface area contributed by atoms with Crippen LogP contribution >= 0.6 is 0 Å². The molecule has 1 heterocycles. The van der Waals surface area contributed by atoms with E-state index in [-0.39, 0.29) is 27.8 Å². The van der Waals surface area contributed by atoms with Crippen molar-refractivity contribution in [2.24, 2.45) is 4.40 Å². The Morgan fingerprint density at radius 1 is 1.14 bits per heavy atom. The molecule has 0 amide bonds. The van der Waals surface area contributed by atoms with E-state index >= 15 is 0 Å². The van der Waals surface area contributed by atoms with Crippen LogP contribution in [0.5, 0.6) is 5.75 Å². The van der Waals surface area contributed by atoms with Gasteiger partial charge < -0.3 is 4.74 Å². The summed E-state index contributed by atoms with van der Waals surface area (Å²) < 4.78 is 45.5. The summed E-state index contributed by atoms with van der Waals surface area (Å²) in [6.07, 6.45) is 0. The van der Waals surface area contributed by atoms with Gasteiger partial charge in [0.15, 0.2) is 0 Å². The number of nitro groups is 1. The number of nitrogens with zero attached hydrogens (tertiary/aromatic N) is 2. The molecule has 0 spiro atoms. The Hall–Kier alpha value is -2.81. The minimum Gasteiger partial charge on any atom is -0.438 e. The van der Waals surface area contributed by atoms with Crippen molar-refractivity contribution in [3.05, 3.63) is 64.0 Å². The molecule has 0 N–H and O–H groups in total. The molecule has 9 heteroatoms. The van der Waals surface area contributed by atoms with E-state index in [1.165, 1.54) is 18.2 Å². The molecule has 0 fully saturated rings. The van der Waals surface area contributed by atoms with Gasteiger partial charge in [0.2, 0.25) is 5.90 Å². The highest BCUT2D eigenvalue weighted by Crippen LogP contribution is 2.30. The first-order valence-electron chi connectivity index (χ1n) is 5.94. The largest absolute Gasteiger partial charge is 0.438 e. The quantitative estimate of drug-likeness (QED) is 0.624. The Balaban J connectivity index is 2.02. The SMILES string of the molecule is O=[N+]([O-])c1ccc2c(c1)S(=O)(=O)N=C2Oc1ccc(F)cc1. The Labute approximate surface area is 123 Å². The maximum atomic E-state index is 12.8. The zero-order chi connectivity index (χ0) is 15.9. The average molecular weight is 322 g/mol. The Kier molecular flexibility index (Phi) is 3.14. The van der Waals surface area contributed by atoms with E-state index < -0.39 is 20.8 Å². The molecule has 0 aromatic heterocycles. The number of hydrogen-bond donors (Lipinski definition) is 0. The first-order chi connectivity index (χ1) is 10.4. The molecule has 1 aliphatic rings. The van der Waals surface area contributed by atoms with E-state index in [0.29, 0.717) is 0 Å². The lowest BCUT2D eigenvalue weighted by Gasteiger charge is -2.05. The normalized spacial score (nSPS) is 15.0. The zero-order valence-corrected chi connectivity index (χ0v) is 11.6. The predicted molar refractivity (Wildman–Crippen MR) is 73.8 cm³/mol. The topological polar surface area (TPSA) is 98.9 Å². The van der Waals surface area contributed by atoms with Crippen LogP contribution in [0.25, 0.3) is 0 Å². The number of ether oxygens (including phenoxy) is 1. The lowest BCUT2D eigenvalue weighted by molar-refractivity contribution is -0.385. The number of benzene rings is 2. The van der Waals surface area contributed by atoms with Crippen LogP contribution in [0, 0.1) is 15.9 Å². The Morgan fingerprint density at radius 3 is 2.45 bits per heavy atom. The summed E-state index contributed by atoms with van der Waals surface area (Å²) in [6, 6.07) is 8.26. The second kappa shape index (κ2) is 4.88. The van der Waals surface area contributed by atoms with Crippen LogP contribution < -0.4 is 4.74 Å². The van der Waals surface area contributed by atoms with Crippen molar-refractivity contribution in [1.82, 2.24) is 0 Å². The molecule has 7 nitrogen and oxygen atoms in total. The molecule has 112 valence electrons. The highest BCUT2D eigenvalue weighted by atomic mass is 32.2. The summed E-state index contributed by atoms with van der Waals surface area (Å²) in [4.78, 5) is 9.73. The van der Waals surface area contributed by atoms with E-state index in [2.05, 4.69) is 4.40 Å². The van der Waals surface area contributed by atoms with Gasteiger partial charge in [0.05, 0.1) is 10.5 Å². The molecule has 0 saturated heterocycles. The van der Waals surface area contributed by atoms with Gasteiger partial charge in [-0.05, 0) is 30.3 Å². The predicted octanol–water partition coefficient (Wildman–Crippen LogP) is 2.26. The summed E-state index contributed by atoms with van der Waals surface area (Å²) in [5, 5.41) is 10.7. The first kappa shape index (κ1) is 14.1. The third-order valence-electron chi connectivity index (χ3n) is 2.92. The maximum absolute atomic E-state index is 12.8. The molecular weight excluding hydrogens is 315 g/mol. The molecule has 0 unspecified atom stereocenters. The van der Waals surface area contributed by atoms with Gasteiger partial charge in [-0.2, -0.15) is 8.42 Å². The van der Waals surface area contributed by atoms with E-state index in [4.69, 9.17) is 4.74 Å². The van der Waals surface area contributed by atoms with Crippen LogP contribution in [0.4, 0.5) is 10.1 Å². The molecule has 0 saturated carbocycles. The minimum absolute atomic E-state index is 0.120. The van der Waals surface area contributed by atoms with E-state index in [9.17, 15) is 22.9 Å². The second-order valence-electron chi connectivity index (χ2n) is 4.37. The summed E-state index contributed by atoms with van der Waals surface area (Å²) in [6.45, 7) is 0. The monoisotopic (exact) mass is 322 g/mol. The van der Waals surface area contributed by atoms with Crippen LogP contribution in [0.15, 0.2) is 51.8 Å². The number of fused-ring (bicyclic) bond motifs is 1. The summed E-state index contributed by atoms with van der Waals surface area (Å²) in [5.74, 6) is -0.484. The standard InChI is InChI=1S/C13H7FN2O5S/c14-8-1-4-10(5-2-8)21-13-11-6-3-9(16(17)18)7-12(11)22(19,20)15-13/h1-7H. The van der Waals surface area contributed by atoms with Crippen molar-refractivity contribution in [3.8, 4) is 5.75 Å². The molecular formula is C13H7FN2O5S. The number of nitro benzene ring substituents is 1. The van der Waals surface area contributed by atoms with Gasteiger partial charge in [0, 0.05) is 12.1 Å². The first-order valence-corrected chi connectivity index (χ1v) is 7.38. The Bertz CT molecular complexity index is 907. The van der Waals surface area contributed by atoms with Gasteiger partial charge in [-0.3, -0.25) is 10.1 Å². The van der Waals surface area contributed by atoms with Crippen molar-refractivity contribution in [2.45, 2.75) is 4.90 Å². The van der Waals surface area contributed by atoms with Crippen molar-refractivity contribution >= 4 is 21.6 Å². The molecule has 0 radical (unpaired) electrons. The third-order valence-corrected chi connectivity index (χ3v) is 4.22. The molecule has 0 aliphatic carbocycles. The molecule has 1 aliphatic heterocycles. The van der Waals surface area contributed by atoms with Gasteiger partial charge in [-0.15, -0.1) is 4.40 Å². The van der Waals surface area contributed by atoms with Crippen molar-refractivity contribution in [1.29, 1.82) is 0 Å². The highest BCUT2D eigenvalue weighted by Gasteiger charge is 2.32. The fourth-order valence-corrected chi connectivity index (χ4v) is 3.07. The van der Waals surface area contributed by atoms with E-state index in [1.807, 2.05) is 0 Å². The molecule has 2 aromatic carbocycles. The fourth-order valence-electron chi connectivity index (χ4n) is 1.91. The number of non-ortho nitro benzene ring substituents is 1. The third kappa shape index (κ3) is 2.42. The van der Waals surface area contributed by atoms with E-state index in [0.717, 1.165) is 24.3 Å². The van der Waals surface area contributed by atoms with E-state index in [1.54, 1.807) is 0 Å². The number of sulfonamides is 1. The number of rotatable bonds is 2.